The molecule has 0 aliphatic carbocycles. The van der Waals surface area contributed by atoms with E-state index in [0.717, 1.165) is 11.1 Å². The largest absolute Gasteiger partial charge is 0.493 e. The maximum atomic E-state index is 13.8. The zero-order valence-corrected chi connectivity index (χ0v) is 16.8. The van der Waals surface area contributed by atoms with Crippen molar-refractivity contribution in [3.05, 3.63) is 94.5 Å². The first-order chi connectivity index (χ1) is 14.6. The van der Waals surface area contributed by atoms with Gasteiger partial charge < -0.3 is 14.2 Å². The normalized spacial score (nSPS) is 13.8. The van der Waals surface area contributed by atoms with Crippen molar-refractivity contribution in [1.29, 1.82) is 0 Å². The Hall–Kier alpha value is -3.60. The summed E-state index contributed by atoms with van der Waals surface area (Å²) in [5.41, 5.74) is 2.47. The van der Waals surface area contributed by atoms with Crippen LogP contribution >= 0.6 is 0 Å². The van der Waals surface area contributed by atoms with E-state index in [1.165, 1.54) is 6.07 Å². The Balaban J connectivity index is 1.59. The van der Waals surface area contributed by atoms with Crippen LogP contribution < -0.4 is 14.2 Å². The van der Waals surface area contributed by atoms with E-state index in [9.17, 15) is 9.18 Å². The average molecular weight is 404 g/mol. The van der Waals surface area contributed by atoms with E-state index in [2.05, 4.69) is 0 Å². The van der Waals surface area contributed by atoms with Crippen molar-refractivity contribution in [3.8, 4) is 17.2 Å². The molecular formula is C25H21FO4. The SMILES string of the molecule is CCOc1ccccc1/C=C1\Oc2cc(OCc3ccccc3F)cc(C)c2C1=O. The fourth-order valence-electron chi connectivity index (χ4n) is 3.37. The molecule has 0 fully saturated rings. The second-order valence-electron chi connectivity index (χ2n) is 6.90. The van der Waals surface area contributed by atoms with Gasteiger partial charge in [-0.25, -0.2) is 4.39 Å². The van der Waals surface area contributed by atoms with E-state index in [1.54, 1.807) is 36.4 Å². The zero-order chi connectivity index (χ0) is 21.1. The first-order valence-electron chi connectivity index (χ1n) is 9.73. The summed E-state index contributed by atoms with van der Waals surface area (Å²) in [7, 11) is 0. The highest BCUT2D eigenvalue weighted by molar-refractivity contribution is 6.15. The van der Waals surface area contributed by atoms with Crippen LogP contribution in [0.2, 0.25) is 0 Å². The van der Waals surface area contributed by atoms with Gasteiger partial charge >= 0.3 is 0 Å². The molecule has 0 amide bonds. The molecular weight excluding hydrogens is 383 g/mol. The molecule has 1 aliphatic heterocycles. The van der Waals surface area contributed by atoms with Gasteiger partial charge in [-0.1, -0.05) is 36.4 Å². The molecule has 1 heterocycles. The summed E-state index contributed by atoms with van der Waals surface area (Å²) >= 11 is 0. The third kappa shape index (κ3) is 3.92. The van der Waals surface area contributed by atoms with Gasteiger partial charge in [0.25, 0.3) is 0 Å². The number of Topliss-reactive ketones (excluding diaryl/α,β-unsaturated/α-hetero) is 1. The number of para-hydroxylation sites is 1. The van der Waals surface area contributed by atoms with Crippen LogP contribution in [-0.4, -0.2) is 12.4 Å². The third-order valence-corrected chi connectivity index (χ3v) is 4.80. The number of aryl methyl sites for hydroxylation is 1. The topological polar surface area (TPSA) is 44.8 Å². The minimum atomic E-state index is -0.319. The van der Waals surface area contributed by atoms with Crippen molar-refractivity contribution < 1.29 is 23.4 Å². The van der Waals surface area contributed by atoms with E-state index in [1.807, 2.05) is 38.1 Å². The lowest BCUT2D eigenvalue weighted by Gasteiger charge is -2.10. The van der Waals surface area contributed by atoms with E-state index >= 15 is 0 Å². The second-order valence-corrected chi connectivity index (χ2v) is 6.90. The lowest BCUT2D eigenvalue weighted by atomic mass is 10.0. The van der Waals surface area contributed by atoms with Gasteiger partial charge in [0, 0.05) is 17.2 Å². The van der Waals surface area contributed by atoms with Crippen LogP contribution in [0.5, 0.6) is 17.2 Å². The number of fused-ring (bicyclic) bond motifs is 1. The Morgan fingerprint density at radius 2 is 1.80 bits per heavy atom. The molecule has 4 rings (SSSR count). The first kappa shape index (κ1) is 19.7. The summed E-state index contributed by atoms with van der Waals surface area (Å²) in [6, 6.07) is 17.4. The van der Waals surface area contributed by atoms with Gasteiger partial charge in [0.1, 0.15) is 29.7 Å². The maximum Gasteiger partial charge on any atom is 0.232 e. The summed E-state index contributed by atoms with van der Waals surface area (Å²) < 4.78 is 31.0. The Morgan fingerprint density at radius 3 is 2.60 bits per heavy atom. The van der Waals surface area contributed by atoms with Crippen molar-refractivity contribution in [2.75, 3.05) is 6.61 Å². The average Bonchev–Trinajstić information content (AvgIpc) is 3.05. The minimum Gasteiger partial charge on any atom is -0.493 e. The van der Waals surface area contributed by atoms with Gasteiger partial charge in [-0.3, -0.25) is 4.79 Å². The molecule has 5 heteroatoms. The summed E-state index contributed by atoms with van der Waals surface area (Å²) in [5, 5.41) is 0. The molecule has 1 aliphatic rings. The number of halogens is 1. The van der Waals surface area contributed by atoms with Crippen LogP contribution in [0.25, 0.3) is 6.08 Å². The number of hydrogen-bond acceptors (Lipinski definition) is 4. The lowest BCUT2D eigenvalue weighted by Crippen LogP contribution is -2.01. The van der Waals surface area contributed by atoms with Gasteiger partial charge in [-0.05, 0) is 43.7 Å². The summed E-state index contributed by atoms with van der Waals surface area (Å²) in [4.78, 5) is 12.9. The van der Waals surface area contributed by atoms with Gasteiger partial charge in [-0.15, -0.1) is 0 Å². The van der Waals surface area contributed by atoms with Crippen LogP contribution in [0.4, 0.5) is 4.39 Å². The Bertz CT molecular complexity index is 1130. The smallest absolute Gasteiger partial charge is 0.232 e. The Labute approximate surface area is 174 Å². The number of ketones is 1. The van der Waals surface area contributed by atoms with Crippen LogP contribution in [0.1, 0.15) is 34.0 Å². The van der Waals surface area contributed by atoms with Gasteiger partial charge in [0.2, 0.25) is 5.78 Å². The number of carbonyl (C=O) groups is 1. The molecule has 3 aromatic rings. The summed E-state index contributed by atoms with van der Waals surface area (Å²) in [6.45, 7) is 4.34. The highest BCUT2D eigenvalue weighted by atomic mass is 19.1. The van der Waals surface area contributed by atoms with Crippen molar-refractivity contribution in [2.24, 2.45) is 0 Å². The van der Waals surface area contributed by atoms with Crippen molar-refractivity contribution in [3.63, 3.8) is 0 Å². The molecule has 0 saturated heterocycles. The number of carbonyl (C=O) groups excluding carboxylic acids is 1. The van der Waals surface area contributed by atoms with Crippen molar-refractivity contribution >= 4 is 11.9 Å². The van der Waals surface area contributed by atoms with Crippen molar-refractivity contribution in [2.45, 2.75) is 20.5 Å². The predicted octanol–water partition coefficient (Wildman–Crippen LogP) is 5.73. The van der Waals surface area contributed by atoms with E-state index in [4.69, 9.17) is 14.2 Å². The number of ether oxygens (including phenoxy) is 3. The highest BCUT2D eigenvalue weighted by Crippen LogP contribution is 2.38. The van der Waals surface area contributed by atoms with Crippen LogP contribution in [0.15, 0.2) is 66.4 Å². The fraction of sp³-hybridized carbons (Fsp3) is 0.160. The molecule has 0 unspecified atom stereocenters. The van der Waals surface area contributed by atoms with Gasteiger partial charge in [0.05, 0.1) is 12.2 Å². The molecule has 4 nitrogen and oxygen atoms in total. The molecule has 0 radical (unpaired) electrons. The predicted molar refractivity (Wildman–Crippen MR) is 112 cm³/mol. The first-order valence-corrected chi connectivity index (χ1v) is 9.73. The molecule has 30 heavy (non-hydrogen) atoms. The standard InChI is InChI=1S/C25H21FO4/c1-3-28-21-11-7-5-8-17(21)13-23-25(27)24-16(2)12-19(14-22(24)30-23)29-15-18-9-4-6-10-20(18)26/h4-14H,3,15H2,1-2H3/b23-13-. The van der Waals surface area contributed by atoms with E-state index in [0.29, 0.717) is 35.0 Å². The van der Waals surface area contributed by atoms with Gasteiger partial charge in [0.15, 0.2) is 5.76 Å². The van der Waals surface area contributed by atoms with Crippen LogP contribution in [0, 0.1) is 12.7 Å². The lowest BCUT2D eigenvalue weighted by molar-refractivity contribution is 0.101. The highest BCUT2D eigenvalue weighted by Gasteiger charge is 2.30. The molecule has 152 valence electrons. The second kappa shape index (κ2) is 8.41. The van der Waals surface area contributed by atoms with Crippen molar-refractivity contribution in [1.82, 2.24) is 0 Å². The molecule has 0 bridgehead atoms. The quantitative estimate of drug-likeness (QED) is 0.492. The minimum absolute atomic E-state index is 0.0866. The number of hydrogen-bond donors (Lipinski definition) is 0. The molecule has 0 spiro atoms. The molecule has 3 aromatic carbocycles. The summed E-state index contributed by atoms with van der Waals surface area (Å²) in [5.74, 6) is 1.35. The molecule has 0 N–H and O–H groups in total. The zero-order valence-electron chi connectivity index (χ0n) is 16.8. The third-order valence-electron chi connectivity index (χ3n) is 4.80. The van der Waals surface area contributed by atoms with Gasteiger partial charge in [-0.2, -0.15) is 0 Å². The van der Waals surface area contributed by atoms with E-state index in [-0.39, 0.29) is 24.0 Å². The fourth-order valence-corrected chi connectivity index (χ4v) is 3.37. The monoisotopic (exact) mass is 404 g/mol. The van der Waals surface area contributed by atoms with Crippen LogP contribution in [0.3, 0.4) is 0 Å². The molecule has 0 aromatic heterocycles. The van der Waals surface area contributed by atoms with Crippen LogP contribution in [-0.2, 0) is 6.61 Å². The number of benzene rings is 3. The Kier molecular flexibility index (Phi) is 5.53. The number of allylic oxidation sites excluding steroid dienone is 1. The summed E-state index contributed by atoms with van der Waals surface area (Å²) in [6.07, 6.45) is 1.69. The Morgan fingerprint density at radius 1 is 1.03 bits per heavy atom. The van der Waals surface area contributed by atoms with E-state index < -0.39 is 0 Å². The maximum absolute atomic E-state index is 13.8. The number of rotatable bonds is 6. The molecule has 0 atom stereocenters. The molecule has 0 saturated carbocycles.